The first-order valence-corrected chi connectivity index (χ1v) is 10.6. The van der Waals surface area contributed by atoms with Gasteiger partial charge in [-0.3, -0.25) is 14.9 Å². The van der Waals surface area contributed by atoms with Crippen LogP contribution in [-0.4, -0.2) is 35.5 Å². The lowest BCUT2D eigenvalue weighted by atomic mass is 10.1. The molecule has 0 bridgehead atoms. The van der Waals surface area contributed by atoms with Crippen LogP contribution < -0.4 is 10.6 Å². The molecule has 0 aliphatic carbocycles. The number of nitrogens with one attached hydrogen (secondary N) is 2. The zero-order valence-electron chi connectivity index (χ0n) is 13.8. The number of amides is 3. The van der Waals surface area contributed by atoms with Gasteiger partial charge in [0.05, 0.1) is 12.8 Å². The normalized spacial score (nSPS) is 16.4. The van der Waals surface area contributed by atoms with Crippen LogP contribution in [0.2, 0.25) is 0 Å². The van der Waals surface area contributed by atoms with Gasteiger partial charge in [-0.25, -0.2) is 4.79 Å². The van der Waals surface area contributed by atoms with Gasteiger partial charge in [0.15, 0.2) is 6.61 Å². The van der Waals surface area contributed by atoms with Gasteiger partial charge in [0, 0.05) is 17.4 Å². The Balaban J connectivity index is 1.48. The van der Waals surface area contributed by atoms with Gasteiger partial charge in [0.1, 0.15) is 5.76 Å². The highest BCUT2D eigenvalue weighted by Gasteiger charge is 2.16. The van der Waals surface area contributed by atoms with Crippen molar-refractivity contribution in [1.82, 2.24) is 10.6 Å². The summed E-state index contributed by atoms with van der Waals surface area (Å²) in [5, 5.41) is 5.25. The topological polar surface area (TPSA) is 97.6 Å². The molecule has 9 heteroatoms. The van der Waals surface area contributed by atoms with Crippen LogP contribution in [0.4, 0.5) is 4.79 Å². The molecule has 2 rings (SSSR count). The summed E-state index contributed by atoms with van der Waals surface area (Å²) in [7, 11) is 3.84. The monoisotopic (exact) mass is 386 g/mol. The van der Waals surface area contributed by atoms with Crippen molar-refractivity contribution in [2.45, 2.75) is 43.9 Å². The maximum Gasteiger partial charge on any atom is 0.321 e. The molecule has 0 unspecified atom stereocenters. The molecule has 1 aliphatic rings. The number of ether oxygens (including phenoxy) is 1. The number of hydrogen-bond donors (Lipinski definition) is 2. The zero-order valence-corrected chi connectivity index (χ0v) is 15.5. The van der Waals surface area contributed by atoms with E-state index in [4.69, 9.17) is 9.15 Å². The van der Waals surface area contributed by atoms with Crippen LogP contribution in [0.5, 0.6) is 0 Å². The van der Waals surface area contributed by atoms with Crippen LogP contribution >= 0.6 is 21.6 Å². The number of rotatable bonds is 9. The number of imide groups is 1. The minimum absolute atomic E-state index is 0.170. The predicted molar refractivity (Wildman–Crippen MR) is 97.0 cm³/mol. The second kappa shape index (κ2) is 11.1. The number of furan rings is 1. The van der Waals surface area contributed by atoms with Gasteiger partial charge < -0.3 is 14.5 Å². The largest absolute Gasteiger partial charge is 0.467 e. The summed E-state index contributed by atoms with van der Waals surface area (Å²) in [6.07, 6.45) is 5.87. The molecule has 1 atom stereocenters. The Labute approximate surface area is 154 Å². The molecule has 1 saturated heterocycles. The van der Waals surface area contributed by atoms with Crippen molar-refractivity contribution in [3.05, 3.63) is 24.2 Å². The second-order valence-corrected chi connectivity index (χ2v) is 8.33. The number of unbranched alkanes of at least 4 members (excludes halogenated alkanes) is 1. The van der Waals surface area contributed by atoms with E-state index in [0.717, 1.165) is 19.3 Å². The van der Waals surface area contributed by atoms with Gasteiger partial charge >= 0.3 is 12.0 Å². The molecule has 1 aliphatic heterocycles. The zero-order chi connectivity index (χ0) is 17.9. The van der Waals surface area contributed by atoms with E-state index in [1.165, 1.54) is 18.4 Å². The summed E-state index contributed by atoms with van der Waals surface area (Å²) in [5.41, 5.74) is 0. The maximum absolute atomic E-state index is 11.6. The van der Waals surface area contributed by atoms with E-state index < -0.39 is 24.5 Å². The van der Waals surface area contributed by atoms with Crippen molar-refractivity contribution in [3.63, 3.8) is 0 Å². The number of urea groups is 1. The standard InChI is InChI=1S/C16H22N2O5S2/c19-14(18-16(21)17-10-12-4-3-8-22-12)11-23-15(20)6-2-1-5-13-7-9-24-25-13/h3-4,8,13H,1-2,5-7,9-11H2,(H2,17,18,19,21)/t13-/m0/s1. The molecule has 2 N–H and O–H groups in total. The van der Waals surface area contributed by atoms with Crippen LogP contribution in [0.15, 0.2) is 22.8 Å². The van der Waals surface area contributed by atoms with Crippen molar-refractivity contribution in [2.75, 3.05) is 12.4 Å². The first kappa shape index (κ1) is 19.7. The molecular formula is C16H22N2O5S2. The molecule has 1 aromatic heterocycles. The molecule has 138 valence electrons. The minimum Gasteiger partial charge on any atom is -0.467 e. The summed E-state index contributed by atoms with van der Waals surface area (Å²) >= 11 is 0. The van der Waals surface area contributed by atoms with E-state index in [-0.39, 0.29) is 6.54 Å². The van der Waals surface area contributed by atoms with Crippen molar-refractivity contribution in [2.24, 2.45) is 0 Å². The number of esters is 1. The first-order chi connectivity index (χ1) is 12.1. The lowest BCUT2D eigenvalue weighted by Crippen LogP contribution is -2.41. The minimum atomic E-state index is -0.663. The molecule has 0 radical (unpaired) electrons. The molecule has 0 spiro atoms. The van der Waals surface area contributed by atoms with Gasteiger partial charge in [-0.15, -0.1) is 0 Å². The third-order valence-corrected chi connectivity index (χ3v) is 6.51. The van der Waals surface area contributed by atoms with Crippen LogP contribution in [0, 0.1) is 0 Å². The molecule has 7 nitrogen and oxygen atoms in total. The molecule has 0 saturated carbocycles. The Morgan fingerprint density at radius 1 is 1.32 bits per heavy atom. The number of hydrogen-bond acceptors (Lipinski definition) is 7. The van der Waals surface area contributed by atoms with Crippen molar-refractivity contribution >= 4 is 39.5 Å². The summed E-state index contributed by atoms with van der Waals surface area (Å²) in [6, 6.07) is 2.74. The van der Waals surface area contributed by atoms with E-state index in [1.807, 2.05) is 21.6 Å². The molecule has 2 heterocycles. The summed E-state index contributed by atoms with van der Waals surface area (Å²) in [4.78, 5) is 34.6. The van der Waals surface area contributed by atoms with Crippen LogP contribution in [0.3, 0.4) is 0 Å². The third kappa shape index (κ3) is 8.35. The Hall–Kier alpha value is -1.61. The lowest BCUT2D eigenvalue weighted by molar-refractivity contribution is -0.148. The third-order valence-electron chi connectivity index (χ3n) is 3.50. The van der Waals surface area contributed by atoms with Gasteiger partial charge in [-0.05, 0) is 31.4 Å². The van der Waals surface area contributed by atoms with E-state index in [9.17, 15) is 14.4 Å². The summed E-state index contributed by atoms with van der Waals surface area (Å²) in [5.74, 6) is 0.703. The Morgan fingerprint density at radius 2 is 2.20 bits per heavy atom. The van der Waals surface area contributed by atoms with Crippen molar-refractivity contribution in [1.29, 1.82) is 0 Å². The van der Waals surface area contributed by atoms with Crippen LogP contribution in [0.25, 0.3) is 0 Å². The van der Waals surface area contributed by atoms with Gasteiger partial charge in [-0.2, -0.15) is 0 Å². The molecule has 1 fully saturated rings. The first-order valence-electron chi connectivity index (χ1n) is 8.17. The number of carbonyl (C=O) groups is 3. The van der Waals surface area contributed by atoms with Gasteiger partial charge in [-0.1, -0.05) is 28.0 Å². The van der Waals surface area contributed by atoms with Gasteiger partial charge in [0.25, 0.3) is 5.91 Å². The van der Waals surface area contributed by atoms with Crippen molar-refractivity contribution < 1.29 is 23.5 Å². The fourth-order valence-corrected chi connectivity index (χ4v) is 5.24. The predicted octanol–water partition coefficient (Wildman–Crippen LogP) is 2.86. The molecule has 0 aromatic carbocycles. The fourth-order valence-electron chi connectivity index (χ4n) is 2.21. The second-order valence-electron chi connectivity index (χ2n) is 5.55. The van der Waals surface area contributed by atoms with Crippen LogP contribution in [-0.2, 0) is 20.9 Å². The van der Waals surface area contributed by atoms with Crippen molar-refractivity contribution in [3.8, 4) is 0 Å². The highest BCUT2D eigenvalue weighted by Crippen LogP contribution is 2.39. The quantitative estimate of drug-likeness (QED) is 0.382. The van der Waals surface area contributed by atoms with E-state index in [0.29, 0.717) is 17.4 Å². The summed E-state index contributed by atoms with van der Waals surface area (Å²) in [6.45, 7) is -0.286. The highest BCUT2D eigenvalue weighted by atomic mass is 33.1. The maximum atomic E-state index is 11.6. The average Bonchev–Trinajstić information content (AvgIpc) is 3.28. The summed E-state index contributed by atoms with van der Waals surface area (Å²) < 4.78 is 9.92. The molecule has 3 amide bonds. The van der Waals surface area contributed by atoms with Gasteiger partial charge in [0.2, 0.25) is 0 Å². The van der Waals surface area contributed by atoms with E-state index >= 15 is 0 Å². The van der Waals surface area contributed by atoms with Crippen LogP contribution in [0.1, 0.15) is 37.9 Å². The smallest absolute Gasteiger partial charge is 0.321 e. The number of carbonyl (C=O) groups excluding carboxylic acids is 3. The Bertz CT molecular complexity index is 559. The SMILES string of the molecule is O=C(COC(=O)CCCC[C@H]1CCSS1)NC(=O)NCc1ccco1. The lowest BCUT2D eigenvalue weighted by Gasteiger charge is -2.08. The van der Waals surface area contributed by atoms with E-state index in [2.05, 4.69) is 10.6 Å². The average molecular weight is 386 g/mol. The molecule has 25 heavy (non-hydrogen) atoms. The Kier molecular flexibility index (Phi) is 8.75. The fraction of sp³-hybridized carbons (Fsp3) is 0.562. The molecule has 1 aromatic rings. The van der Waals surface area contributed by atoms with E-state index in [1.54, 1.807) is 12.1 Å². The Morgan fingerprint density at radius 3 is 2.92 bits per heavy atom. The molecular weight excluding hydrogens is 364 g/mol. The highest BCUT2D eigenvalue weighted by molar-refractivity contribution is 8.77.